The Balaban J connectivity index is 1.36. The first-order valence-corrected chi connectivity index (χ1v) is 11.3. The predicted octanol–water partition coefficient (Wildman–Crippen LogP) is 2.60. The van der Waals surface area contributed by atoms with Crippen LogP contribution in [0.5, 0.6) is 17.2 Å². The number of amides is 1. The van der Waals surface area contributed by atoms with Gasteiger partial charge in [-0.15, -0.1) is 10.2 Å². The van der Waals surface area contributed by atoms with Gasteiger partial charge in [-0.3, -0.25) is 4.79 Å². The first-order valence-electron chi connectivity index (χ1n) is 10.5. The summed E-state index contributed by atoms with van der Waals surface area (Å²) in [6.07, 6.45) is 1.57. The van der Waals surface area contributed by atoms with Gasteiger partial charge in [0.2, 0.25) is 11.0 Å². The van der Waals surface area contributed by atoms with Crippen LogP contribution in [-0.4, -0.2) is 55.9 Å². The molecule has 1 heterocycles. The van der Waals surface area contributed by atoms with Crippen LogP contribution in [0.25, 0.3) is 0 Å². The van der Waals surface area contributed by atoms with E-state index >= 15 is 0 Å². The van der Waals surface area contributed by atoms with E-state index in [0.717, 1.165) is 28.2 Å². The van der Waals surface area contributed by atoms with Gasteiger partial charge in [0.05, 0.1) is 33.0 Å². The highest BCUT2D eigenvalue weighted by Gasteiger charge is 2.08. The molecule has 11 heteroatoms. The van der Waals surface area contributed by atoms with Gasteiger partial charge in [-0.05, 0) is 48.4 Å². The number of nitrogens with one attached hydrogen (secondary N) is 1. The lowest BCUT2D eigenvalue weighted by molar-refractivity contribution is -0.120. The second-order valence-corrected chi connectivity index (χ2v) is 8.13. The van der Waals surface area contributed by atoms with Gasteiger partial charge in [-0.25, -0.2) is 5.43 Å². The van der Waals surface area contributed by atoms with Crippen molar-refractivity contribution in [1.82, 2.24) is 15.6 Å². The molecule has 0 saturated heterocycles. The fourth-order valence-corrected chi connectivity index (χ4v) is 3.42. The largest absolute Gasteiger partial charge is 0.493 e. The molecule has 1 aromatic heterocycles. The molecule has 3 aromatic rings. The molecule has 0 fully saturated rings. The second-order valence-electron chi connectivity index (χ2n) is 7.04. The number of anilines is 1. The average Bonchev–Trinajstić information content (AvgIpc) is 3.23. The van der Waals surface area contributed by atoms with Crippen LogP contribution < -0.4 is 25.4 Å². The molecule has 1 amide bonds. The maximum atomic E-state index is 11.9. The number of rotatable bonds is 13. The minimum atomic E-state index is -0.316. The Morgan fingerprint density at radius 3 is 2.65 bits per heavy atom. The van der Waals surface area contributed by atoms with Crippen LogP contribution in [0.3, 0.4) is 0 Å². The lowest BCUT2D eigenvalue weighted by Crippen LogP contribution is -2.19. The number of hydrogen-bond acceptors (Lipinski definition) is 10. The number of hydrazone groups is 1. The number of carbonyl (C=O) groups excluding carboxylic acids is 1. The number of aromatic nitrogens is 2. The van der Waals surface area contributed by atoms with Gasteiger partial charge in [0.1, 0.15) is 24.0 Å². The summed E-state index contributed by atoms with van der Waals surface area (Å²) in [7, 11) is 1.55. The highest BCUT2D eigenvalue weighted by Crippen LogP contribution is 2.27. The fourth-order valence-electron chi connectivity index (χ4n) is 2.81. The zero-order chi connectivity index (χ0) is 24.2. The van der Waals surface area contributed by atoms with Crippen molar-refractivity contribution >= 4 is 28.6 Å². The van der Waals surface area contributed by atoms with Crippen LogP contribution in [0.4, 0.5) is 5.13 Å². The number of nitrogens with zero attached hydrogens (tertiary/aromatic N) is 3. The third-order valence-corrected chi connectivity index (χ3v) is 5.11. The number of carbonyl (C=O) groups is 1. The Kier molecular flexibility index (Phi) is 9.62. The molecular formula is C23H27N5O5S. The summed E-state index contributed by atoms with van der Waals surface area (Å²) in [6, 6.07) is 13.2. The molecule has 0 unspecified atom stereocenters. The quantitative estimate of drug-likeness (QED) is 0.215. The Morgan fingerprint density at radius 2 is 1.91 bits per heavy atom. The maximum Gasteiger partial charge on any atom is 0.247 e. The van der Waals surface area contributed by atoms with Crippen LogP contribution in [-0.2, 0) is 16.0 Å². The van der Waals surface area contributed by atoms with Crippen molar-refractivity contribution in [1.29, 1.82) is 0 Å². The first-order chi connectivity index (χ1) is 16.5. The van der Waals surface area contributed by atoms with E-state index in [1.807, 2.05) is 31.2 Å². The number of nitrogens with two attached hydrogens (primary N) is 1. The summed E-state index contributed by atoms with van der Waals surface area (Å²) in [4.78, 5) is 11.9. The number of nitrogen functional groups attached to an aromatic ring is 1. The third kappa shape index (κ3) is 8.34. The van der Waals surface area contributed by atoms with E-state index < -0.39 is 0 Å². The number of ether oxygens (including phenoxy) is 4. The van der Waals surface area contributed by atoms with E-state index in [0.29, 0.717) is 48.1 Å². The highest BCUT2D eigenvalue weighted by atomic mass is 32.1. The van der Waals surface area contributed by atoms with E-state index in [2.05, 4.69) is 20.7 Å². The van der Waals surface area contributed by atoms with Gasteiger partial charge in [-0.1, -0.05) is 23.5 Å². The molecule has 0 saturated carbocycles. The molecule has 0 aliphatic rings. The second kappa shape index (κ2) is 13.1. The Morgan fingerprint density at radius 1 is 1.09 bits per heavy atom. The topological polar surface area (TPSA) is 130 Å². The highest BCUT2D eigenvalue weighted by molar-refractivity contribution is 7.15. The van der Waals surface area contributed by atoms with E-state index in [1.165, 1.54) is 6.21 Å². The standard InChI is InChI=1S/C23H27N5O5S/c1-16-4-3-5-18(12-16)32-10-8-31-9-11-33-19-7-6-17(13-20(19)30-2)15-25-26-21(29)14-22-27-28-23(24)34-22/h3-7,12-13,15H,8-11,14H2,1-2H3,(H2,24,28)(H,26,29). The monoisotopic (exact) mass is 485 g/mol. The van der Waals surface area contributed by atoms with E-state index in [4.69, 9.17) is 24.7 Å². The Labute approximate surface area is 201 Å². The number of benzene rings is 2. The van der Waals surface area contributed by atoms with Gasteiger partial charge >= 0.3 is 0 Å². The first kappa shape index (κ1) is 24.9. The third-order valence-electron chi connectivity index (χ3n) is 4.36. The summed E-state index contributed by atoms with van der Waals surface area (Å²) in [5.74, 6) is 1.64. The summed E-state index contributed by atoms with van der Waals surface area (Å²) in [5, 5.41) is 12.3. The summed E-state index contributed by atoms with van der Waals surface area (Å²) < 4.78 is 22.3. The molecular weight excluding hydrogens is 458 g/mol. The van der Waals surface area contributed by atoms with Crippen molar-refractivity contribution in [2.24, 2.45) is 5.10 Å². The van der Waals surface area contributed by atoms with Crippen LogP contribution in [0.2, 0.25) is 0 Å². The lowest BCUT2D eigenvalue weighted by Gasteiger charge is -2.12. The summed E-state index contributed by atoms with van der Waals surface area (Å²) in [6.45, 7) is 3.72. The Bertz CT molecular complexity index is 1100. The van der Waals surface area contributed by atoms with Crippen LogP contribution in [0.15, 0.2) is 47.6 Å². The molecule has 10 nitrogen and oxygen atoms in total. The smallest absolute Gasteiger partial charge is 0.247 e. The lowest BCUT2D eigenvalue weighted by atomic mass is 10.2. The van der Waals surface area contributed by atoms with Gasteiger partial charge in [0.15, 0.2) is 11.5 Å². The van der Waals surface area contributed by atoms with Gasteiger partial charge in [0.25, 0.3) is 0 Å². The Hall–Kier alpha value is -3.70. The molecule has 0 radical (unpaired) electrons. The average molecular weight is 486 g/mol. The number of aryl methyl sites for hydroxylation is 1. The molecule has 0 bridgehead atoms. The fraction of sp³-hybridized carbons (Fsp3) is 0.304. The number of methoxy groups -OCH3 is 1. The van der Waals surface area contributed by atoms with E-state index in [9.17, 15) is 4.79 Å². The molecule has 0 aliphatic heterocycles. The van der Waals surface area contributed by atoms with Crippen molar-refractivity contribution in [3.05, 3.63) is 58.6 Å². The van der Waals surface area contributed by atoms with Gasteiger partial charge in [0, 0.05) is 0 Å². The zero-order valence-electron chi connectivity index (χ0n) is 19.0. The molecule has 2 aromatic carbocycles. The molecule has 3 rings (SSSR count). The normalized spacial score (nSPS) is 10.9. The van der Waals surface area contributed by atoms with E-state index in [-0.39, 0.29) is 12.3 Å². The van der Waals surface area contributed by atoms with Gasteiger partial charge in [-0.2, -0.15) is 5.10 Å². The van der Waals surface area contributed by atoms with Crippen molar-refractivity contribution in [3.63, 3.8) is 0 Å². The van der Waals surface area contributed by atoms with Crippen molar-refractivity contribution in [2.45, 2.75) is 13.3 Å². The molecule has 34 heavy (non-hydrogen) atoms. The van der Waals surface area contributed by atoms with Crippen LogP contribution in [0, 0.1) is 6.92 Å². The minimum absolute atomic E-state index is 0.0580. The molecule has 180 valence electrons. The van der Waals surface area contributed by atoms with Crippen molar-refractivity contribution in [3.8, 4) is 17.2 Å². The molecule has 0 spiro atoms. The molecule has 0 atom stereocenters. The predicted molar refractivity (Wildman–Crippen MR) is 130 cm³/mol. The van der Waals surface area contributed by atoms with Gasteiger partial charge < -0.3 is 24.7 Å². The molecule has 3 N–H and O–H groups in total. The van der Waals surface area contributed by atoms with Crippen molar-refractivity contribution in [2.75, 3.05) is 39.3 Å². The van der Waals surface area contributed by atoms with Crippen molar-refractivity contribution < 1.29 is 23.7 Å². The van der Waals surface area contributed by atoms with Crippen LogP contribution >= 0.6 is 11.3 Å². The summed E-state index contributed by atoms with van der Waals surface area (Å²) in [5.41, 5.74) is 9.83. The SMILES string of the molecule is COc1cc(C=NNC(=O)Cc2nnc(N)s2)ccc1OCCOCCOc1cccc(C)c1. The van der Waals surface area contributed by atoms with Crippen LogP contribution in [0.1, 0.15) is 16.1 Å². The maximum absolute atomic E-state index is 11.9. The molecule has 0 aliphatic carbocycles. The number of hydrogen-bond donors (Lipinski definition) is 2. The van der Waals surface area contributed by atoms with E-state index in [1.54, 1.807) is 25.3 Å². The zero-order valence-corrected chi connectivity index (χ0v) is 19.8. The minimum Gasteiger partial charge on any atom is -0.493 e. The summed E-state index contributed by atoms with van der Waals surface area (Å²) >= 11 is 1.16.